The van der Waals surface area contributed by atoms with Crippen molar-refractivity contribution >= 4 is 8.32 Å². The first-order valence-electron chi connectivity index (χ1n) is 9.67. The summed E-state index contributed by atoms with van der Waals surface area (Å²) in [6.07, 6.45) is 4.15. The number of benzene rings is 1. The average molecular weight is 379 g/mol. The van der Waals surface area contributed by atoms with Crippen LogP contribution in [0.25, 0.3) is 0 Å². The average Bonchev–Trinajstić information content (AvgIpc) is 2.54. The molecule has 148 valence electrons. The van der Waals surface area contributed by atoms with E-state index in [1.54, 1.807) is 0 Å². The number of rotatable bonds is 10. The quantitative estimate of drug-likeness (QED) is 0.428. The van der Waals surface area contributed by atoms with Gasteiger partial charge in [0.15, 0.2) is 8.32 Å². The van der Waals surface area contributed by atoms with Crippen molar-refractivity contribution in [3.8, 4) is 0 Å². The van der Waals surface area contributed by atoms with Crippen LogP contribution >= 0.6 is 0 Å². The molecule has 0 spiro atoms. The summed E-state index contributed by atoms with van der Waals surface area (Å²) in [4.78, 5) is 0. The van der Waals surface area contributed by atoms with E-state index in [1.807, 2.05) is 31.2 Å². The highest BCUT2D eigenvalue weighted by Crippen LogP contribution is 2.37. The van der Waals surface area contributed by atoms with Crippen molar-refractivity contribution in [3.05, 3.63) is 48.0 Å². The van der Waals surface area contributed by atoms with E-state index in [0.717, 1.165) is 0 Å². The van der Waals surface area contributed by atoms with Crippen LogP contribution in [-0.4, -0.2) is 32.2 Å². The molecule has 0 saturated carbocycles. The second-order valence-corrected chi connectivity index (χ2v) is 13.5. The third-order valence-electron chi connectivity index (χ3n) is 5.16. The van der Waals surface area contributed by atoms with E-state index < -0.39 is 14.4 Å². The van der Waals surface area contributed by atoms with Crippen LogP contribution in [0.5, 0.6) is 0 Å². The van der Waals surface area contributed by atoms with Gasteiger partial charge in [-0.15, -0.1) is 0 Å². The molecule has 0 aliphatic carbocycles. The lowest BCUT2D eigenvalue weighted by Gasteiger charge is -2.39. The van der Waals surface area contributed by atoms with Gasteiger partial charge in [0, 0.05) is 0 Å². The SMILES string of the molecule is C[C@H](/C=C\C[C@H](O)[C@H](C)O[Si](C)(C)C(C)(C)C)COCc1ccccc1. The largest absolute Gasteiger partial charge is 0.412 e. The van der Waals surface area contributed by atoms with Gasteiger partial charge in [0.1, 0.15) is 0 Å². The topological polar surface area (TPSA) is 38.7 Å². The van der Waals surface area contributed by atoms with Crippen molar-refractivity contribution in [1.82, 2.24) is 0 Å². The molecule has 0 unspecified atom stereocenters. The van der Waals surface area contributed by atoms with Gasteiger partial charge in [0.05, 0.1) is 25.4 Å². The summed E-state index contributed by atoms with van der Waals surface area (Å²) in [7, 11) is -1.85. The smallest absolute Gasteiger partial charge is 0.192 e. The molecule has 0 heterocycles. The van der Waals surface area contributed by atoms with E-state index in [4.69, 9.17) is 9.16 Å². The van der Waals surface area contributed by atoms with Crippen molar-refractivity contribution in [1.29, 1.82) is 0 Å². The lowest BCUT2D eigenvalue weighted by atomic mass is 10.1. The van der Waals surface area contributed by atoms with E-state index in [-0.39, 0.29) is 11.1 Å². The minimum atomic E-state index is -1.85. The van der Waals surface area contributed by atoms with Gasteiger partial charge in [-0.3, -0.25) is 0 Å². The zero-order chi connectivity index (χ0) is 19.8. The fourth-order valence-electron chi connectivity index (χ4n) is 2.35. The molecule has 4 heteroatoms. The molecule has 0 radical (unpaired) electrons. The molecular weight excluding hydrogens is 340 g/mol. The molecule has 0 bridgehead atoms. The maximum Gasteiger partial charge on any atom is 0.192 e. The number of hydrogen-bond acceptors (Lipinski definition) is 3. The first kappa shape index (κ1) is 23.1. The standard InChI is InChI=1S/C22H38O3Si/c1-18(16-24-17-20-13-9-8-10-14-20)12-11-15-21(23)19(2)25-26(6,7)22(3,4)5/h8-14,18-19,21,23H,15-17H2,1-7H3/b12-11-/t18-,19+,21+/m1/s1. The number of aliphatic hydroxyl groups excluding tert-OH is 1. The van der Waals surface area contributed by atoms with Gasteiger partial charge >= 0.3 is 0 Å². The molecule has 0 amide bonds. The Morgan fingerprint density at radius 1 is 1.12 bits per heavy atom. The summed E-state index contributed by atoms with van der Waals surface area (Å²) < 4.78 is 12.0. The lowest BCUT2D eigenvalue weighted by Crippen LogP contribution is -2.46. The Morgan fingerprint density at radius 3 is 2.31 bits per heavy atom. The van der Waals surface area contributed by atoms with E-state index in [1.165, 1.54) is 5.56 Å². The molecule has 0 aliphatic heterocycles. The van der Waals surface area contributed by atoms with Gasteiger partial charge in [-0.1, -0.05) is 70.2 Å². The number of aliphatic hydroxyl groups is 1. The second kappa shape index (κ2) is 10.4. The first-order valence-corrected chi connectivity index (χ1v) is 12.6. The maximum absolute atomic E-state index is 10.4. The van der Waals surface area contributed by atoms with Crippen LogP contribution in [0.4, 0.5) is 0 Å². The molecule has 1 aromatic carbocycles. The van der Waals surface area contributed by atoms with Gasteiger partial charge in [-0.2, -0.15) is 0 Å². The summed E-state index contributed by atoms with van der Waals surface area (Å²) in [5, 5.41) is 10.6. The Hall–Kier alpha value is -0.943. The first-order chi connectivity index (χ1) is 12.0. The Kier molecular flexibility index (Phi) is 9.24. The lowest BCUT2D eigenvalue weighted by molar-refractivity contribution is 0.0408. The molecule has 3 nitrogen and oxygen atoms in total. The predicted octanol–water partition coefficient (Wildman–Crippen LogP) is 5.56. The fraction of sp³-hybridized carbons (Fsp3) is 0.636. The van der Waals surface area contributed by atoms with E-state index in [2.05, 4.69) is 59.0 Å². The number of hydrogen-bond donors (Lipinski definition) is 1. The highest BCUT2D eigenvalue weighted by Gasteiger charge is 2.39. The van der Waals surface area contributed by atoms with Crippen LogP contribution in [0.1, 0.15) is 46.6 Å². The van der Waals surface area contributed by atoms with Crippen LogP contribution in [-0.2, 0) is 15.8 Å². The summed E-state index contributed by atoms with van der Waals surface area (Å²) in [6.45, 7) is 16.5. The molecule has 0 aromatic heterocycles. The highest BCUT2D eigenvalue weighted by molar-refractivity contribution is 6.74. The van der Waals surface area contributed by atoms with Crippen LogP contribution < -0.4 is 0 Å². The molecule has 0 aliphatic rings. The van der Waals surface area contributed by atoms with Gasteiger partial charge in [-0.25, -0.2) is 0 Å². The monoisotopic (exact) mass is 378 g/mol. The number of ether oxygens (including phenoxy) is 1. The molecule has 0 saturated heterocycles. The minimum absolute atomic E-state index is 0.148. The molecule has 0 fully saturated rings. The van der Waals surface area contributed by atoms with Crippen LogP contribution in [0.2, 0.25) is 18.1 Å². The summed E-state index contributed by atoms with van der Waals surface area (Å²) in [5.41, 5.74) is 1.19. The van der Waals surface area contributed by atoms with Crippen molar-refractivity contribution in [2.24, 2.45) is 5.92 Å². The van der Waals surface area contributed by atoms with Gasteiger partial charge < -0.3 is 14.3 Å². The summed E-state index contributed by atoms with van der Waals surface area (Å²) in [5.74, 6) is 0.322. The van der Waals surface area contributed by atoms with E-state index in [0.29, 0.717) is 25.6 Å². The van der Waals surface area contributed by atoms with Crippen LogP contribution in [0.15, 0.2) is 42.5 Å². The Morgan fingerprint density at radius 2 is 1.73 bits per heavy atom. The van der Waals surface area contributed by atoms with Gasteiger partial charge in [0.2, 0.25) is 0 Å². The summed E-state index contributed by atoms with van der Waals surface area (Å²) >= 11 is 0. The maximum atomic E-state index is 10.4. The highest BCUT2D eigenvalue weighted by atomic mass is 28.4. The Bertz CT molecular complexity index is 534. The molecular formula is C22H38O3Si. The van der Waals surface area contributed by atoms with E-state index in [9.17, 15) is 5.11 Å². The van der Waals surface area contributed by atoms with Gasteiger partial charge in [-0.05, 0) is 43.0 Å². The van der Waals surface area contributed by atoms with Crippen LogP contribution in [0.3, 0.4) is 0 Å². The van der Waals surface area contributed by atoms with E-state index >= 15 is 0 Å². The third kappa shape index (κ3) is 8.17. The third-order valence-corrected chi connectivity index (χ3v) is 9.74. The van der Waals surface area contributed by atoms with Crippen molar-refractivity contribution in [2.45, 2.75) is 78.0 Å². The van der Waals surface area contributed by atoms with Gasteiger partial charge in [0.25, 0.3) is 0 Å². The minimum Gasteiger partial charge on any atom is -0.412 e. The molecule has 1 N–H and O–H groups in total. The Balaban J connectivity index is 2.32. The fourth-order valence-corrected chi connectivity index (χ4v) is 3.79. The van der Waals surface area contributed by atoms with Crippen LogP contribution in [0, 0.1) is 5.92 Å². The molecule has 1 rings (SSSR count). The predicted molar refractivity (Wildman–Crippen MR) is 113 cm³/mol. The van der Waals surface area contributed by atoms with Crippen molar-refractivity contribution in [2.75, 3.05) is 6.61 Å². The normalized spacial score (nSPS) is 16.6. The van der Waals surface area contributed by atoms with Crippen molar-refractivity contribution in [3.63, 3.8) is 0 Å². The zero-order valence-corrected chi connectivity index (χ0v) is 18.7. The Labute approximate surface area is 161 Å². The molecule has 1 aromatic rings. The summed E-state index contributed by atoms with van der Waals surface area (Å²) in [6, 6.07) is 10.2. The zero-order valence-electron chi connectivity index (χ0n) is 17.7. The second-order valence-electron chi connectivity index (χ2n) is 8.79. The molecule has 3 atom stereocenters. The molecule has 26 heavy (non-hydrogen) atoms. The van der Waals surface area contributed by atoms with Crippen molar-refractivity contribution < 1.29 is 14.3 Å².